The van der Waals surface area contributed by atoms with Crippen LogP contribution in [0.2, 0.25) is 0 Å². The van der Waals surface area contributed by atoms with E-state index in [0.717, 1.165) is 50.8 Å². The highest BCUT2D eigenvalue weighted by atomic mass is 16.4. The molecule has 146 valence electrons. The van der Waals surface area contributed by atoms with Gasteiger partial charge in [0.1, 0.15) is 0 Å². The van der Waals surface area contributed by atoms with Crippen LogP contribution in [-0.4, -0.2) is 29.4 Å². The quantitative estimate of drug-likeness (QED) is 0.795. The molecule has 1 aromatic rings. The molecule has 1 heterocycles. The van der Waals surface area contributed by atoms with Crippen LogP contribution in [-0.2, 0) is 14.4 Å². The molecule has 2 amide bonds. The highest BCUT2D eigenvalue weighted by molar-refractivity contribution is 5.98. The van der Waals surface area contributed by atoms with Gasteiger partial charge in [-0.25, -0.2) is 0 Å². The third kappa shape index (κ3) is 4.31. The number of aliphatic carboxylic acids is 1. The summed E-state index contributed by atoms with van der Waals surface area (Å²) in [5.74, 6) is -0.968. The molecule has 2 N–H and O–H groups in total. The summed E-state index contributed by atoms with van der Waals surface area (Å²) < 4.78 is 0. The summed E-state index contributed by atoms with van der Waals surface area (Å²) in [6.45, 7) is 2.51. The average molecular weight is 372 g/mol. The number of nitrogens with one attached hydrogen (secondary N) is 1. The minimum absolute atomic E-state index is 0.0869. The van der Waals surface area contributed by atoms with Gasteiger partial charge in [0.2, 0.25) is 11.8 Å². The Kier molecular flexibility index (Phi) is 5.82. The first kappa shape index (κ1) is 19.4. The van der Waals surface area contributed by atoms with Crippen molar-refractivity contribution >= 4 is 29.2 Å². The number of hydrogen-bond acceptors (Lipinski definition) is 3. The molecule has 6 heteroatoms. The van der Waals surface area contributed by atoms with Crippen molar-refractivity contribution in [2.45, 2.75) is 58.3 Å². The molecule has 1 aromatic carbocycles. The summed E-state index contributed by atoms with van der Waals surface area (Å²) in [5.41, 5.74) is 0.537. The van der Waals surface area contributed by atoms with Crippen molar-refractivity contribution in [1.82, 2.24) is 0 Å². The Balaban J connectivity index is 1.72. The average Bonchev–Trinajstić information content (AvgIpc) is 3.08. The zero-order valence-electron chi connectivity index (χ0n) is 15.9. The maximum absolute atomic E-state index is 13.0. The number of nitrogens with zero attached hydrogens (tertiary/aromatic N) is 1. The molecular formula is C21H28N2O4. The van der Waals surface area contributed by atoms with Gasteiger partial charge in [0.05, 0.1) is 11.8 Å². The molecule has 1 saturated carbocycles. The first-order chi connectivity index (χ1) is 12.9. The van der Waals surface area contributed by atoms with E-state index >= 15 is 0 Å². The molecule has 2 fully saturated rings. The van der Waals surface area contributed by atoms with Crippen molar-refractivity contribution in [2.24, 2.45) is 11.3 Å². The number of amides is 2. The molecule has 0 bridgehead atoms. The highest BCUT2D eigenvalue weighted by Gasteiger charge is 2.43. The van der Waals surface area contributed by atoms with E-state index in [-0.39, 0.29) is 24.2 Å². The van der Waals surface area contributed by atoms with Gasteiger partial charge in [0.25, 0.3) is 0 Å². The predicted molar refractivity (Wildman–Crippen MR) is 104 cm³/mol. The molecule has 3 rings (SSSR count). The number of benzene rings is 1. The van der Waals surface area contributed by atoms with Crippen LogP contribution in [0.5, 0.6) is 0 Å². The van der Waals surface area contributed by atoms with Gasteiger partial charge in [0, 0.05) is 24.3 Å². The minimum Gasteiger partial charge on any atom is -0.481 e. The van der Waals surface area contributed by atoms with Crippen LogP contribution in [0.4, 0.5) is 11.4 Å². The maximum atomic E-state index is 13.0. The monoisotopic (exact) mass is 372 g/mol. The van der Waals surface area contributed by atoms with E-state index in [4.69, 9.17) is 0 Å². The fourth-order valence-corrected chi connectivity index (χ4v) is 4.38. The summed E-state index contributed by atoms with van der Waals surface area (Å²) in [6.07, 6.45) is 6.32. The van der Waals surface area contributed by atoms with E-state index in [1.165, 1.54) is 0 Å². The van der Waals surface area contributed by atoms with Crippen molar-refractivity contribution < 1.29 is 19.5 Å². The Bertz CT molecular complexity index is 709. The lowest BCUT2D eigenvalue weighted by molar-refractivity contribution is -0.145. The molecule has 2 aliphatic rings. The number of rotatable bonds is 6. The lowest BCUT2D eigenvalue weighted by Gasteiger charge is -2.37. The van der Waals surface area contributed by atoms with E-state index in [1.807, 2.05) is 12.1 Å². The lowest BCUT2D eigenvalue weighted by atomic mass is 9.67. The van der Waals surface area contributed by atoms with Gasteiger partial charge in [-0.3, -0.25) is 14.4 Å². The highest BCUT2D eigenvalue weighted by Crippen LogP contribution is 2.42. The van der Waals surface area contributed by atoms with Gasteiger partial charge in [0.15, 0.2) is 0 Å². The van der Waals surface area contributed by atoms with E-state index in [1.54, 1.807) is 24.0 Å². The van der Waals surface area contributed by atoms with Crippen molar-refractivity contribution in [3.8, 4) is 0 Å². The van der Waals surface area contributed by atoms with Crippen LogP contribution in [0.3, 0.4) is 0 Å². The Morgan fingerprint density at radius 1 is 1.15 bits per heavy atom. The fraction of sp³-hybridized carbons (Fsp3) is 0.571. The van der Waals surface area contributed by atoms with Crippen LogP contribution in [0.1, 0.15) is 58.3 Å². The second kappa shape index (κ2) is 8.11. The summed E-state index contributed by atoms with van der Waals surface area (Å²) in [4.78, 5) is 38.0. The van der Waals surface area contributed by atoms with Crippen LogP contribution in [0, 0.1) is 11.3 Å². The molecule has 1 atom stereocenters. The number of carbonyl (C=O) groups excluding carboxylic acids is 2. The summed E-state index contributed by atoms with van der Waals surface area (Å²) in [6, 6.07) is 7.21. The summed E-state index contributed by atoms with van der Waals surface area (Å²) in [5, 5.41) is 12.3. The lowest BCUT2D eigenvalue weighted by Crippen LogP contribution is -2.42. The van der Waals surface area contributed by atoms with Gasteiger partial charge in [-0.15, -0.1) is 0 Å². The largest absolute Gasteiger partial charge is 0.481 e. The van der Waals surface area contributed by atoms with Gasteiger partial charge in [-0.2, -0.15) is 0 Å². The number of hydrogen-bond donors (Lipinski definition) is 2. The third-order valence-electron chi connectivity index (χ3n) is 6.05. The Morgan fingerprint density at radius 2 is 1.81 bits per heavy atom. The van der Waals surface area contributed by atoms with E-state index < -0.39 is 11.4 Å². The molecule has 6 nitrogen and oxygen atoms in total. The van der Waals surface area contributed by atoms with Crippen LogP contribution >= 0.6 is 0 Å². The third-order valence-corrected chi connectivity index (χ3v) is 6.05. The Morgan fingerprint density at radius 3 is 2.37 bits per heavy atom. The zero-order chi connectivity index (χ0) is 19.4. The molecule has 1 saturated heterocycles. The van der Waals surface area contributed by atoms with E-state index in [0.29, 0.717) is 12.1 Å². The van der Waals surface area contributed by atoms with E-state index in [9.17, 15) is 19.5 Å². The minimum atomic E-state index is -0.943. The summed E-state index contributed by atoms with van der Waals surface area (Å²) >= 11 is 0. The molecule has 0 unspecified atom stereocenters. The van der Waals surface area contributed by atoms with Crippen molar-refractivity contribution in [3.63, 3.8) is 0 Å². The number of anilines is 2. The molecule has 0 radical (unpaired) electrons. The number of carboxylic acids is 1. The van der Waals surface area contributed by atoms with Crippen molar-refractivity contribution in [2.75, 3.05) is 16.8 Å². The van der Waals surface area contributed by atoms with Crippen molar-refractivity contribution in [1.29, 1.82) is 0 Å². The fourth-order valence-electron chi connectivity index (χ4n) is 4.38. The molecule has 1 aliphatic heterocycles. The second-order valence-electron chi connectivity index (χ2n) is 7.97. The van der Waals surface area contributed by atoms with E-state index in [2.05, 4.69) is 5.32 Å². The first-order valence-electron chi connectivity index (χ1n) is 9.84. The Labute approximate surface area is 159 Å². The SMILES string of the molecule is C[C@](CC(=O)O)(C(=O)Nc1ccc(N2CCCC2=O)cc1)C1CCCCC1. The second-order valence-corrected chi connectivity index (χ2v) is 7.97. The smallest absolute Gasteiger partial charge is 0.304 e. The van der Waals surface area contributed by atoms with Gasteiger partial charge in [-0.05, 0) is 56.4 Å². The zero-order valence-corrected chi connectivity index (χ0v) is 15.9. The number of carbonyl (C=O) groups is 3. The van der Waals surface area contributed by atoms with Gasteiger partial charge in [-0.1, -0.05) is 19.3 Å². The van der Waals surface area contributed by atoms with Crippen LogP contribution < -0.4 is 10.2 Å². The van der Waals surface area contributed by atoms with Gasteiger partial charge < -0.3 is 15.3 Å². The first-order valence-corrected chi connectivity index (χ1v) is 9.84. The molecule has 1 aliphatic carbocycles. The van der Waals surface area contributed by atoms with Gasteiger partial charge >= 0.3 is 5.97 Å². The molecule has 27 heavy (non-hydrogen) atoms. The van der Waals surface area contributed by atoms with Crippen LogP contribution in [0.15, 0.2) is 24.3 Å². The molecular weight excluding hydrogens is 344 g/mol. The number of carboxylic acid groups (broad SMARTS) is 1. The topological polar surface area (TPSA) is 86.7 Å². The molecule has 0 aromatic heterocycles. The van der Waals surface area contributed by atoms with Crippen LogP contribution in [0.25, 0.3) is 0 Å². The normalized spacial score (nSPS) is 20.3. The molecule has 0 spiro atoms. The maximum Gasteiger partial charge on any atom is 0.304 e. The summed E-state index contributed by atoms with van der Waals surface area (Å²) in [7, 11) is 0. The predicted octanol–water partition coefficient (Wildman–Crippen LogP) is 3.81. The standard InChI is InChI=1S/C21H28N2O4/c1-21(14-19(25)26,15-6-3-2-4-7-15)20(27)22-16-9-11-17(12-10-16)23-13-5-8-18(23)24/h9-12,15H,2-8,13-14H2,1H3,(H,22,27)(H,25,26)/t21-/m1/s1. The Hall–Kier alpha value is -2.37. The van der Waals surface area contributed by atoms with Crippen molar-refractivity contribution in [3.05, 3.63) is 24.3 Å².